The van der Waals surface area contributed by atoms with E-state index in [0.29, 0.717) is 24.4 Å². The summed E-state index contributed by atoms with van der Waals surface area (Å²) in [6, 6.07) is 1.92. The number of nitrogens with one attached hydrogen (secondary N) is 1. The minimum atomic E-state index is -5.08. The molecule has 1 amide bonds. The third-order valence-corrected chi connectivity index (χ3v) is 4.73. The second-order valence-corrected chi connectivity index (χ2v) is 6.56. The van der Waals surface area contributed by atoms with Gasteiger partial charge in [-0.25, -0.2) is 4.79 Å². The van der Waals surface area contributed by atoms with Crippen molar-refractivity contribution in [3.8, 4) is 5.75 Å². The maximum absolute atomic E-state index is 12.1. The molecule has 5 N–H and O–H groups in total. The van der Waals surface area contributed by atoms with Crippen LogP contribution in [0, 0.1) is 17.8 Å². The van der Waals surface area contributed by atoms with Crippen molar-refractivity contribution in [1.82, 2.24) is 10.3 Å². The number of aromatic nitrogens is 1. The quantitative estimate of drug-likeness (QED) is 0.633. The number of carboxylic acid groups (broad SMARTS) is 1. The first-order valence-corrected chi connectivity index (χ1v) is 8.04. The monoisotopic (exact) mass is 375 g/mol. The lowest BCUT2D eigenvalue weighted by atomic mass is 9.72. The van der Waals surface area contributed by atoms with Gasteiger partial charge in [0.25, 0.3) is 0 Å². The summed E-state index contributed by atoms with van der Waals surface area (Å²) in [5.41, 5.74) is 6.75. The maximum atomic E-state index is 12.1. The number of carbonyl (C=O) groups is 2. The molecular formula is C16H20F3N3O4. The summed E-state index contributed by atoms with van der Waals surface area (Å²) in [5.74, 6) is -1.21. The van der Waals surface area contributed by atoms with Gasteiger partial charge in [0.1, 0.15) is 5.75 Å². The summed E-state index contributed by atoms with van der Waals surface area (Å²) in [5, 5.41) is 19.4. The van der Waals surface area contributed by atoms with Gasteiger partial charge in [-0.3, -0.25) is 9.78 Å². The van der Waals surface area contributed by atoms with Gasteiger partial charge in [-0.1, -0.05) is 0 Å². The highest BCUT2D eigenvalue weighted by Gasteiger charge is 2.47. The van der Waals surface area contributed by atoms with Crippen LogP contribution in [0.2, 0.25) is 0 Å². The SMILES string of the molecule is N[C@@H]1C[C@@H]2CC(C(=O)NCc3cncc(O)c3)C[C@@H]21.O=C(O)C(F)(F)F. The number of nitrogens with two attached hydrogens (primary N) is 1. The van der Waals surface area contributed by atoms with E-state index in [4.69, 9.17) is 15.6 Å². The zero-order chi connectivity index (χ0) is 19.5. The molecule has 2 aliphatic carbocycles. The molecule has 0 bridgehead atoms. The number of hydrogen-bond acceptors (Lipinski definition) is 5. The Morgan fingerprint density at radius 1 is 1.27 bits per heavy atom. The summed E-state index contributed by atoms with van der Waals surface area (Å²) in [6.07, 6.45) is 0.916. The van der Waals surface area contributed by atoms with Crippen molar-refractivity contribution in [2.75, 3.05) is 0 Å². The highest BCUT2D eigenvalue weighted by molar-refractivity contribution is 5.79. The summed E-state index contributed by atoms with van der Waals surface area (Å²) in [6.45, 7) is 0.415. The van der Waals surface area contributed by atoms with Crippen LogP contribution in [0.5, 0.6) is 5.75 Å². The van der Waals surface area contributed by atoms with Crippen molar-refractivity contribution >= 4 is 11.9 Å². The topological polar surface area (TPSA) is 126 Å². The smallest absolute Gasteiger partial charge is 0.490 e. The molecule has 2 saturated carbocycles. The number of carbonyl (C=O) groups excluding carboxylic acids is 1. The van der Waals surface area contributed by atoms with Crippen LogP contribution in [0.1, 0.15) is 24.8 Å². The van der Waals surface area contributed by atoms with E-state index in [1.165, 1.54) is 6.20 Å². The van der Waals surface area contributed by atoms with E-state index in [1.54, 1.807) is 12.3 Å². The van der Waals surface area contributed by atoms with Gasteiger partial charge in [0, 0.05) is 24.7 Å². The number of aromatic hydroxyl groups is 1. The zero-order valence-corrected chi connectivity index (χ0v) is 13.7. The number of carboxylic acids is 1. The van der Waals surface area contributed by atoms with Crippen molar-refractivity contribution in [3.63, 3.8) is 0 Å². The van der Waals surface area contributed by atoms with Crippen LogP contribution in [-0.2, 0) is 16.1 Å². The maximum Gasteiger partial charge on any atom is 0.490 e. The third kappa shape index (κ3) is 5.07. The number of pyridine rings is 1. The molecule has 1 heterocycles. The molecule has 0 saturated heterocycles. The fourth-order valence-corrected chi connectivity index (χ4v) is 3.40. The number of nitrogens with zero attached hydrogens (tertiary/aromatic N) is 1. The molecule has 0 spiro atoms. The lowest BCUT2D eigenvalue weighted by Gasteiger charge is -2.37. The van der Waals surface area contributed by atoms with Gasteiger partial charge in [-0.2, -0.15) is 13.2 Å². The van der Waals surface area contributed by atoms with Gasteiger partial charge in [0.15, 0.2) is 0 Å². The van der Waals surface area contributed by atoms with Crippen LogP contribution < -0.4 is 11.1 Å². The largest absolute Gasteiger partial charge is 0.506 e. The van der Waals surface area contributed by atoms with Gasteiger partial charge >= 0.3 is 12.1 Å². The third-order valence-electron chi connectivity index (χ3n) is 4.73. The van der Waals surface area contributed by atoms with Crippen LogP contribution in [0.25, 0.3) is 0 Å². The number of amides is 1. The first kappa shape index (κ1) is 20.0. The Labute approximate surface area is 147 Å². The molecular weight excluding hydrogens is 355 g/mol. The highest BCUT2D eigenvalue weighted by atomic mass is 19.4. The lowest BCUT2D eigenvalue weighted by molar-refractivity contribution is -0.192. The van der Waals surface area contributed by atoms with Crippen molar-refractivity contribution in [3.05, 3.63) is 24.0 Å². The highest BCUT2D eigenvalue weighted by Crippen LogP contribution is 2.48. The van der Waals surface area contributed by atoms with Crippen molar-refractivity contribution in [2.45, 2.75) is 38.0 Å². The number of fused-ring (bicyclic) bond motifs is 1. The van der Waals surface area contributed by atoms with E-state index in [2.05, 4.69) is 10.3 Å². The Balaban J connectivity index is 0.000000298. The summed E-state index contributed by atoms with van der Waals surface area (Å²) in [4.78, 5) is 24.9. The number of halogens is 3. The standard InChI is InChI=1S/C14H19N3O2.C2HF3O2/c15-13-4-9-2-10(3-12(9)13)14(19)17-6-8-1-11(18)7-16-5-8;3-2(4,5)1(6)7/h1,5,7,9-10,12-13,18H,2-4,6,15H2,(H,17,19);(H,6,7)/t9-,10?,12-,13+;/m0./s1. The number of alkyl halides is 3. The van der Waals surface area contributed by atoms with Crippen molar-refractivity contribution in [2.24, 2.45) is 23.5 Å². The van der Waals surface area contributed by atoms with Crippen LogP contribution in [0.3, 0.4) is 0 Å². The minimum Gasteiger partial charge on any atom is -0.506 e. The fraction of sp³-hybridized carbons (Fsp3) is 0.562. The van der Waals surface area contributed by atoms with Gasteiger partial charge in [-0.15, -0.1) is 0 Å². The molecule has 7 nitrogen and oxygen atoms in total. The minimum absolute atomic E-state index is 0.102. The Hall–Kier alpha value is -2.36. The van der Waals surface area contributed by atoms with E-state index in [1.807, 2.05) is 0 Å². The van der Waals surface area contributed by atoms with E-state index in [0.717, 1.165) is 24.8 Å². The first-order chi connectivity index (χ1) is 12.1. The number of aliphatic carboxylic acids is 1. The molecule has 2 fully saturated rings. The lowest BCUT2D eigenvalue weighted by Crippen LogP contribution is -2.44. The Kier molecular flexibility index (Phi) is 6.06. The van der Waals surface area contributed by atoms with Gasteiger partial charge in [0.05, 0.1) is 6.20 Å². The predicted octanol–water partition coefficient (Wildman–Crippen LogP) is 1.41. The second-order valence-electron chi connectivity index (χ2n) is 6.56. The van der Waals surface area contributed by atoms with Gasteiger partial charge in [-0.05, 0) is 42.7 Å². The molecule has 0 aromatic carbocycles. The molecule has 3 rings (SSSR count). The van der Waals surface area contributed by atoms with Crippen molar-refractivity contribution < 1.29 is 33.0 Å². The Morgan fingerprint density at radius 3 is 2.42 bits per heavy atom. The predicted molar refractivity (Wildman–Crippen MR) is 83.7 cm³/mol. The molecule has 0 radical (unpaired) electrons. The second kappa shape index (κ2) is 7.90. The summed E-state index contributed by atoms with van der Waals surface area (Å²) < 4.78 is 31.7. The number of hydrogen-bond donors (Lipinski definition) is 4. The molecule has 2 aliphatic rings. The molecule has 1 aromatic heterocycles. The van der Waals surface area contributed by atoms with Gasteiger partial charge < -0.3 is 21.3 Å². The summed E-state index contributed by atoms with van der Waals surface area (Å²) in [7, 11) is 0. The van der Waals surface area contributed by atoms with E-state index < -0.39 is 12.1 Å². The Morgan fingerprint density at radius 2 is 1.92 bits per heavy atom. The van der Waals surface area contributed by atoms with Gasteiger partial charge in [0.2, 0.25) is 5.91 Å². The summed E-state index contributed by atoms with van der Waals surface area (Å²) >= 11 is 0. The first-order valence-electron chi connectivity index (χ1n) is 8.04. The molecule has 4 atom stereocenters. The molecule has 10 heteroatoms. The average Bonchev–Trinajstić information content (AvgIpc) is 2.89. The molecule has 26 heavy (non-hydrogen) atoms. The van der Waals surface area contributed by atoms with Crippen molar-refractivity contribution in [1.29, 1.82) is 0 Å². The molecule has 0 aliphatic heterocycles. The van der Waals surface area contributed by atoms with Crippen LogP contribution in [0.4, 0.5) is 13.2 Å². The van der Waals surface area contributed by atoms with Crippen LogP contribution in [0.15, 0.2) is 18.5 Å². The van der Waals surface area contributed by atoms with Crippen LogP contribution >= 0.6 is 0 Å². The van der Waals surface area contributed by atoms with E-state index in [9.17, 15) is 23.1 Å². The zero-order valence-electron chi connectivity index (χ0n) is 13.7. The fourth-order valence-electron chi connectivity index (χ4n) is 3.40. The average molecular weight is 375 g/mol. The normalized spacial score (nSPS) is 26.8. The molecule has 144 valence electrons. The molecule has 1 aromatic rings. The number of rotatable bonds is 3. The molecule has 1 unspecified atom stereocenters. The van der Waals surface area contributed by atoms with E-state index >= 15 is 0 Å². The Bertz CT molecular complexity index is 668. The van der Waals surface area contributed by atoms with Crippen LogP contribution in [-0.4, -0.2) is 39.3 Å². The van der Waals surface area contributed by atoms with E-state index in [-0.39, 0.29) is 17.6 Å².